The maximum Gasteiger partial charge on any atom is 0.235 e. The van der Waals surface area contributed by atoms with Gasteiger partial charge in [-0.1, -0.05) is 172 Å². The predicted octanol–water partition coefficient (Wildman–Crippen LogP) is 13.0. The minimum atomic E-state index is -0.445. The monoisotopic (exact) mass is 725 g/mol. The summed E-state index contributed by atoms with van der Waals surface area (Å²) in [5.41, 5.74) is 18.7. The number of hydrogen-bond donors (Lipinski definition) is 0. The van der Waals surface area contributed by atoms with E-state index in [2.05, 4.69) is 194 Å². The molecule has 266 valence electrons. The highest BCUT2D eigenvalue weighted by molar-refractivity contribution is 6.13. The van der Waals surface area contributed by atoms with E-state index < -0.39 is 5.41 Å². The van der Waals surface area contributed by atoms with E-state index in [1.54, 1.807) is 0 Å². The van der Waals surface area contributed by atoms with Crippen LogP contribution in [0.15, 0.2) is 176 Å². The van der Waals surface area contributed by atoms with Gasteiger partial charge < -0.3 is 0 Å². The lowest BCUT2D eigenvalue weighted by Crippen LogP contribution is -2.25. The zero-order chi connectivity index (χ0) is 37.6. The maximum absolute atomic E-state index is 5.81. The van der Waals surface area contributed by atoms with Crippen LogP contribution in [0.3, 0.4) is 0 Å². The first kappa shape index (κ1) is 31.1. The Hall–Kier alpha value is -7.10. The van der Waals surface area contributed by atoms with Crippen molar-refractivity contribution in [2.24, 2.45) is 0 Å². The average molecular weight is 726 g/mol. The Labute approximate surface area is 330 Å². The number of para-hydroxylation sites is 1. The lowest BCUT2D eigenvalue weighted by Gasteiger charge is -2.30. The Morgan fingerprint density at radius 1 is 0.404 bits per heavy atom. The molecule has 0 saturated carbocycles. The van der Waals surface area contributed by atoms with Crippen LogP contribution in [0.1, 0.15) is 47.4 Å². The number of aromatic nitrogens is 3. The summed E-state index contributed by atoms with van der Waals surface area (Å²) in [5.74, 6) is 0.696. The van der Waals surface area contributed by atoms with Crippen LogP contribution < -0.4 is 0 Å². The van der Waals surface area contributed by atoms with Gasteiger partial charge in [-0.2, -0.15) is 0 Å². The number of benzene rings is 8. The van der Waals surface area contributed by atoms with Crippen molar-refractivity contribution in [2.45, 2.75) is 24.7 Å². The highest BCUT2D eigenvalue weighted by atomic mass is 15.2. The first-order valence-corrected chi connectivity index (χ1v) is 19.9. The molecule has 1 spiro atoms. The normalized spacial score (nSPS) is 14.8. The van der Waals surface area contributed by atoms with Gasteiger partial charge in [0.2, 0.25) is 5.95 Å². The smallest absolute Gasteiger partial charge is 0.235 e. The van der Waals surface area contributed by atoms with Crippen LogP contribution in [0.4, 0.5) is 0 Å². The van der Waals surface area contributed by atoms with Crippen LogP contribution in [0, 0.1) is 0 Å². The lowest BCUT2D eigenvalue weighted by molar-refractivity contribution is 0.632. The standard InChI is InChI=1S/C54H35N3/c1-53(2)41-24-10-7-21-37(41)49-50(55-52(56-51(49)53)57-46-29-14-9-20-36(46)40-30-32-16-3-4-17-33(32)31-47(40)57)39-23-15-28-45-48(39)38-22-8-13-27-44(38)54(45)42-25-11-5-18-34(42)35-19-6-12-26-43(35)54/h3-31H,1-2H3. The summed E-state index contributed by atoms with van der Waals surface area (Å²) in [6, 6.07) is 64.9. The average Bonchev–Trinajstić information content (AvgIpc) is 3.93. The summed E-state index contributed by atoms with van der Waals surface area (Å²) >= 11 is 0. The summed E-state index contributed by atoms with van der Waals surface area (Å²) in [4.78, 5) is 11.5. The number of nitrogens with zero attached hydrogens (tertiary/aromatic N) is 3. The largest absolute Gasteiger partial charge is 0.278 e. The summed E-state index contributed by atoms with van der Waals surface area (Å²) in [5, 5.41) is 4.82. The second-order valence-electron chi connectivity index (χ2n) is 16.5. The molecule has 0 N–H and O–H groups in total. The van der Waals surface area contributed by atoms with Gasteiger partial charge in [-0.3, -0.25) is 4.57 Å². The lowest BCUT2D eigenvalue weighted by atomic mass is 9.70. The first-order chi connectivity index (χ1) is 28.0. The molecule has 3 heteroatoms. The Morgan fingerprint density at radius 3 is 1.65 bits per heavy atom. The molecule has 3 nitrogen and oxygen atoms in total. The number of hydrogen-bond acceptors (Lipinski definition) is 2. The van der Waals surface area contributed by atoms with Crippen molar-refractivity contribution in [3.8, 4) is 50.6 Å². The zero-order valence-corrected chi connectivity index (χ0v) is 31.6. The fourth-order valence-corrected chi connectivity index (χ4v) is 11.0. The zero-order valence-electron chi connectivity index (χ0n) is 31.6. The van der Waals surface area contributed by atoms with Crippen molar-refractivity contribution in [1.82, 2.24) is 14.5 Å². The molecule has 0 aliphatic heterocycles. The van der Waals surface area contributed by atoms with Gasteiger partial charge in [-0.15, -0.1) is 0 Å². The molecule has 0 unspecified atom stereocenters. The molecule has 2 heterocycles. The molecular weight excluding hydrogens is 691 g/mol. The Balaban J connectivity index is 1.18. The minimum Gasteiger partial charge on any atom is -0.278 e. The SMILES string of the molecule is CC1(C)c2ccccc2-c2c(-c3cccc4c3-c3ccccc3C43c4ccccc4-c4ccccc43)nc(-n3c4ccccc4c4cc5ccccc5cc43)nc21. The fraction of sp³-hybridized carbons (Fsp3) is 0.0741. The van der Waals surface area contributed by atoms with Crippen LogP contribution in [0.25, 0.3) is 83.2 Å². The van der Waals surface area contributed by atoms with Gasteiger partial charge in [0.25, 0.3) is 0 Å². The maximum atomic E-state index is 5.81. The fourth-order valence-electron chi connectivity index (χ4n) is 11.0. The van der Waals surface area contributed by atoms with Gasteiger partial charge >= 0.3 is 0 Å². The molecule has 0 atom stereocenters. The molecule has 3 aliphatic carbocycles. The van der Waals surface area contributed by atoms with Crippen molar-refractivity contribution in [3.63, 3.8) is 0 Å². The number of rotatable bonds is 2. The summed E-state index contributed by atoms with van der Waals surface area (Å²) in [6.45, 7) is 4.65. The second-order valence-corrected chi connectivity index (χ2v) is 16.5. The van der Waals surface area contributed by atoms with Crippen molar-refractivity contribution < 1.29 is 0 Å². The summed E-state index contributed by atoms with van der Waals surface area (Å²) < 4.78 is 2.31. The quantitative estimate of drug-likeness (QED) is 0.178. The van der Waals surface area contributed by atoms with E-state index in [1.165, 1.54) is 77.2 Å². The second kappa shape index (κ2) is 10.8. The van der Waals surface area contributed by atoms with Gasteiger partial charge in [0.1, 0.15) is 0 Å². The van der Waals surface area contributed by atoms with Crippen LogP contribution >= 0.6 is 0 Å². The molecule has 0 bridgehead atoms. The Bertz CT molecular complexity index is 3350. The van der Waals surface area contributed by atoms with E-state index in [4.69, 9.17) is 9.97 Å². The molecule has 57 heavy (non-hydrogen) atoms. The van der Waals surface area contributed by atoms with Crippen LogP contribution in [-0.4, -0.2) is 14.5 Å². The van der Waals surface area contributed by atoms with Crippen molar-refractivity contribution in [2.75, 3.05) is 0 Å². The van der Waals surface area contributed by atoms with Crippen molar-refractivity contribution in [1.29, 1.82) is 0 Å². The molecule has 0 radical (unpaired) electrons. The van der Waals surface area contributed by atoms with Crippen molar-refractivity contribution in [3.05, 3.63) is 209 Å². The van der Waals surface area contributed by atoms with E-state index in [9.17, 15) is 0 Å². The minimum absolute atomic E-state index is 0.343. The highest BCUT2D eigenvalue weighted by Gasteiger charge is 2.52. The topological polar surface area (TPSA) is 30.7 Å². The third-order valence-electron chi connectivity index (χ3n) is 13.4. The molecule has 0 saturated heterocycles. The third-order valence-corrected chi connectivity index (χ3v) is 13.4. The van der Waals surface area contributed by atoms with Crippen LogP contribution in [0.2, 0.25) is 0 Å². The molecule has 3 aliphatic rings. The van der Waals surface area contributed by atoms with E-state index in [-0.39, 0.29) is 5.41 Å². The van der Waals surface area contributed by atoms with Crippen LogP contribution in [-0.2, 0) is 10.8 Å². The summed E-state index contributed by atoms with van der Waals surface area (Å²) in [6.07, 6.45) is 0. The Morgan fingerprint density at radius 2 is 0.930 bits per heavy atom. The van der Waals surface area contributed by atoms with E-state index in [0.29, 0.717) is 5.95 Å². The van der Waals surface area contributed by atoms with Gasteiger partial charge in [0, 0.05) is 27.3 Å². The first-order valence-electron chi connectivity index (χ1n) is 19.9. The summed E-state index contributed by atoms with van der Waals surface area (Å²) in [7, 11) is 0. The molecule has 13 rings (SSSR count). The predicted molar refractivity (Wildman–Crippen MR) is 233 cm³/mol. The van der Waals surface area contributed by atoms with Gasteiger partial charge in [0.15, 0.2) is 0 Å². The van der Waals surface area contributed by atoms with Gasteiger partial charge in [-0.25, -0.2) is 9.97 Å². The molecule has 10 aromatic rings. The van der Waals surface area contributed by atoms with Crippen molar-refractivity contribution >= 4 is 32.6 Å². The third kappa shape index (κ3) is 3.77. The highest BCUT2D eigenvalue weighted by Crippen LogP contribution is 2.64. The van der Waals surface area contributed by atoms with Crippen LogP contribution in [0.5, 0.6) is 0 Å². The molecule has 8 aromatic carbocycles. The van der Waals surface area contributed by atoms with Gasteiger partial charge in [-0.05, 0) is 84.6 Å². The molecule has 0 fully saturated rings. The molecular formula is C54H35N3. The number of fused-ring (bicyclic) bond motifs is 17. The Kier molecular flexibility index (Phi) is 5.90. The molecule has 2 aromatic heterocycles. The van der Waals surface area contributed by atoms with E-state index in [0.717, 1.165) is 33.5 Å². The molecule has 0 amide bonds. The van der Waals surface area contributed by atoms with E-state index in [1.807, 2.05) is 0 Å². The van der Waals surface area contributed by atoms with Gasteiger partial charge in [0.05, 0.1) is 27.8 Å². The van der Waals surface area contributed by atoms with E-state index >= 15 is 0 Å².